The zero-order valence-electron chi connectivity index (χ0n) is 11.0. The quantitative estimate of drug-likeness (QED) is 0.720. The zero-order chi connectivity index (χ0) is 14.7. The molecule has 0 aliphatic carbocycles. The zero-order valence-corrected chi connectivity index (χ0v) is 13.3. The van der Waals surface area contributed by atoms with Crippen LogP contribution in [0.1, 0.15) is 16.5 Å². The van der Waals surface area contributed by atoms with Gasteiger partial charge in [-0.05, 0) is 30.3 Å². The van der Waals surface area contributed by atoms with E-state index in [1.807, 2.05) is 18.2 Å². The van der Waals surface area contributed by atoms with Crippen molar-refractivity contribution in [2.24, 2.45) is 0 Å². The molecule has 2 aromatic rings. The van der Waals surface area contributed by atoms with E-state index in [2.05, 4.69) is 15.9 Å². The van der Waals surface area contributed by atoms with Crippen molar-refractivity contribution >= 4 is 27.5 Å². The van der Waals surface area contributed by atoms with Crippen LogP contribution in [0.3, 0.4) is 0 Å². The first-order valence-electron chi connectivity index (χ1n) is 5.87. The number of alkyl halides is 1. The SMILES string of the molecule is COc1cc(Br)ccc1C(Cl)c1cc(F)ccc1OC. The normalized spacial score (nSPS) is 12.1. The molecule has 1 atom stereocenters. The van der Waals surface area contributed by atoms with E-state index in [1.54, 1.807) is 13.2 Å². The molecule has 0 heterocycles. The highest BCUT2D eigenvalue weighted by Crippen LogP contribution is 2.40. The molecule has 0 aromatic heterocycles. The summed E-state index contributed by atoms with van der Waals surface area (Å²) in [6.45, 7) is 0. The van der Waals surface area contributed by atoms with Crippen LogP contribution in [0.2, 0.25) is 0 Å². The lowest BCUT2D eigenvalue weighted by atomic mass is 10.0. The van der Waals surface area contributed by atoms with Crippen LogP contribution in [-0.4, -0.2) is 14.2 Å². The van der Waals surface area contributed by atoms with Gasteiger partial charge >= 0.3 is 0 Å². The summed E-state index contributed by atoms with van der Waals surface area (Å²) in [6, 6.07) is 9.79. The number of ether oxygens (including phenoxy) is 2. The highest BCUT2D eigenvalue weighted by atomic mass is 79.9. The van der Waals surface area contributed by atoms with E-state index in [4.69, 9.17) is 21.1 Å². The van der Waals surface area contributed by atoms with Gasteiger partial charge in [0, 0.05) is 15.6 Å². The first-order chi connectivity index (χ1) is 9.56. The average molecular weight is 360 g/mol. The molecule has 0 saturated heterocycles. The van der Waals surface area contributed by atoms with Crippen molar-refractivity contribution in [3.8, 4) is 11.5 Å². The van der Waals surface area contributed by atoms with Crippen LogP contribution in [0.25, 0.3) is 0 Å². The molecule has 1 unspecified atom stereocenters. The smallest absolute Gasteiger partial charge is 0.125 e. The van der Waals surface area contributed by atoms with Crippen LogP contribution < -0.4 is 9.47 Å². The van der Waals surface area contributed by atoms with Crippen molar-refractivity contribution in [3.05, 3.63) is 57.8 Å². The van der Waals surface area contributed by atoms with E-state index >= 15 is 0 Å². The van der Waals surface area contributed by atoms with Gasteiger partial charge in [-0.15, -0.1) is 11.6 Å². The summed E-state index contributed by atoms with van der Waals surface area (Å²) in [7, 11) is 3.09. The third-order valence-electron chi connectivity index (χ3n) is 2.93. The Balaban J connectivity index is 2.51. The molecule has 5 heteroatoms. The lowest BCUT2D eigenvalue weighted by Gasteiger charge is -2.17. The van der Waals surface area contributed by atoms with Gasteiger partial charge in [0.05, 0.1) is 19.6 Å². The fourth-order valence-corrected chi connectivity index (χ4v) is 2.66. The Morgan fingerprint density at radius 1 is 1.00 bits per heavy atom. The molecule has 0 bridgehead atoms. The number of benzene rings is 2. The Morgan fingerprint density at radius 3 is 2.35 bits per heavy atom. The van der Waals surface area contributed by atoms with Gasteiger partial charge in [-0.1, -0.05) is 22.0 Å². The summed E-state index contributed by atoms with van der Waals surface area (Å²) in [5.41, 5.74) is 1.32. The number of methoxy groups -OCH3 is 2. The first-order valence-corrected chi connectivity index (χ1v) is 7.10. The second kappa shape index (κ2) is 6.46. The predicted octanol–water partition coefficient (Wildman–Crippen LogP) is 4.93. The van der Waals surface area contributed by atoms with Gasteiger partial charge in [0.2, 0.25) is 0 Å². The number of hydrogen-bond donors (Lipinski definition) is 0. The van der Waals surface area contributed by atoms with Crippen molar-refractivity contribution in [1.29, 1.82) is 0 Å². The van der Waals surface area contributed by atoms with Crippen LogP contribution >= 0.6 is 27.5 Å². The highest BCUT2D eigenvalue weighted by Gasteiger charge is 2.20. The third kappa shape index (κ3) is 3.07. The molecular formula is C15H13BrClFO2. The van der Waals surface area contributed by atoms with Gasteiger partial charge in [0.15, 0.2) is 0 Å². The topological polar surface area (TPSA) is 18.5 Å². The van der Waals surface area contributed by atoms with Crippen molar-refractivity contribution < 1.29 is 13.9 Å². The Bertz CT molecular complexity index is 619. The van der Waals surface area contributed by atoms with E-state index < -0.39 is 5.38 Å². The van der Waals surface area contributed by atoms with Crippen LogP contribution in [0.5, 0.6) is 11.5 Å². The molecule has 0 aliphatic rings. The van der Waals surface area contributed by atoms with Crippen LogP contribution in [0.15, 0.2) is 40.9 Å². The van der Waals surface area contributed by atoms with Crippen LogP contribution in [0.4, 0.5) is 4.39 Å². The summed E-state index contributed by atoms with van der Waals surface area (Å²) in [5.74, 6) is 0.810. The summed E-state index contributed by atoms with van der Waals surface area (Å²) in [4.78, 5) is 0. The van der Waals surface area contributed by atoms with E-state index in [0.29, 0.717) is 17.1 Å². The van der Waals surface area contributed by atoms with E-state index in [9.17, 15) is 4.39 Å². The first kappa shape index (κ1) is 15.1. The molecule has 0 N–H and O–H groups in total. The van der Waals surface area contributed by atoms with Gasteiger partial charge in [-0.25, -0.2) is 4.39 Å². The predicted molar refractivity (Wildman–Crippen MR) is 81.3 cm³/mol. The molecule has 0 fully saturated rings. The van der Waals surface area contributed by atoms with Gasteiger partial charge < -0.3 is 9.47 Å². The highest BCUT2D eigenvalue weighted by molar-refractivity contribution is 9.10. The molecule has 106 valence electrons. The van der Waals surface area contributed by atoms with Crippen molar-refractivity contribution in [3.63, 3.8) is 0 Å². The fourth-order valence-electron chi connectivity index (χ4n) is 1.97. The minimum atomic E-state index is -0.566. The molecule has 2 aromatic carbocycles. The molecule has 20 heavy (non-hydrogen) atoms. The van der Waals surface area contributed by atoms with E-state index in [1.165, 1.54) is 19.2 Å². The lowest BCUT2D eigenvalue weighted by molar-refractivity contribution is 0.403. The summed E-state index contributed by atoms with van der Waals surface area (Å²) < 4.78 is 24.9. The maximum absolute atomic E-state index is 13.5. The van der Waals surface area contributed by atoms with Gasteiger partial charge in [-0.2, -0.15) is 0 Å². The second-order valence-corrected chi connectivity index (χ2v) is 5.49. The van der Waals surface area contributed by atoms with Gasteiger partial charge in [0.25, 0.3) is 0 Å². The minimum absolute atomic E-state index is 0.359. The minimum Gasteiger partial charge on any atom is -0.496 e. The van der Waals surface area contributed by atoms with Crippen LogP contribution in [0, 0.1) is 5.82 Å². The van der Waals surface area contributed by atoms with E-state index in [-0.39, 0.29) is 5.82 Å². The number of halogens is 3. The maximum atomic E-state index is 13.5. The second-order valence-electron chi connectivity index (χ2n) is 4.14. The largest absolute Gasteiger partial charge is 0.496 e. The summed E-state index contributed by atoms with van der Waals surface area (Å²) in [5, 5.41) is -0.566. The number of rotatable bonds is 4. The standard InChI is InChI=1S/C15H13BrClFO2/c1-19-13-6-4-10(18)8-12(13)15(17)11-5-3-9(16)7-14(11)20-2/h3-8,15H,1-2H3. The van der Waals surface area contributed by atoms with Gasteiger partial charge in [0.1, 0.15) is 17.3 Å². The molecule has 0 radical (unpaired) electrons. The average Bonchev–Trinajstić information content (AvgIpc) is 2.46. The Labute approximate surface area is 130 Å². The monoisotopic (exact) mass is 358 g/mol. The van der Waals surface area contributed by atoms with Crippen LogP contribution in [-0.2, 0) is 0 Å². The summed E-state index contributed by atoms with van der Waals surface area (Å²) in [6.07, 6.45) is 0. The van der Waals surface area contributed by atoms with Crippen molar-refractivity contribution in [2.45, 2.75) is 5.38 Å². The summed E-state index contributed by atoms with van der Waals surface area (Å²) >= 11 is 9.86. The molecule has 2 nitrogen and oxygen atoms in total. The maximum Gasteiger partial charge on any atom is 0.125 e. The Hall–Kier alpha value is -1.26. The van der Waals surface area contributed by atoms with E-state index in [0.717, 1.165) is 10.0 Å². The molecular weight excluding hydrogens is 347 g/mol. The molecule has 0 aliphatic heterocycles. The number of hydrogen-bond acceptors (Lipinski definition) is 2. The molecule has 0 amide bonds. The molecule has 0 spiro atoms. The third-order valence-corrected chi connectivity index (χ3v) is 3.90. The van der Waals surface area contributed by atoms with Gasteiger partial charge in [-0.3, -0.25) is 0 Å². The lowest BCUT2D eigenvalue weighted by Crippen LogP contribution is -2.01. The van der Waals surface area contributed by atoms with Crippen molar-refractivity contribution in [1.82, 2.24) is 0 Å². The Morgan fingerprint density at radius 2 is 1.70 bits per heavy atom. The fraction of sp³-hybridized carbons (Fsp3) is 0.200. The Kier molecular flexibility index (Phi) is 4.89. The molecule has 2 rings (SSSR count). The van der Waals surface area contributed by atoms with Crippen molar-refractivity contribution in [2.75, 3.05) is 14.2 Å². The molecule has 0 saturated carbocycles.